The van der Waals surface area contributed by atoms with Gasteiger partial charge in [-0.05, 0) is 17.7 Å². The number of ether oxygens (including phenoxy) is 1. The molecular formula is C13H13N3O2S. The topological polar surface area (TPSA) is 72.8 Å². The van der Waals surface area contributed by atoms with Gasteiger partial charge in [0.1, 0.15) is 11.4 Å². The summed E-state index contributed by atoms with van der Waals surface area (Å²) in [5.74, 6) is 1.16. The summed E-state index contributed by atoms with van der Waals surface area (Å²) < 4.78 is 7.70. The van der Waals surface area contributed by atoms with Crippen molar-refractivity contribution in [3.8, 4) is 11.6 Å². The molecular weight excluding hydrogens is 262 g/mol. The van der Waals surface area contributed by atoms with Crippen LogP contribution in [0.15, 0.2) is 35.8 Å². The average molecular weight is 275 g/mol. The molecule has 3 aromatic rings. The summed E-state index contributed by atoms with van der Waals surface area (Å²) in [4.78, 5) is 5.27. The van der Waals surface area contributed by atoms with Crippen LogP contribution in [0.25, 0.3) is 4.96 Å². The fourth-order valence-corrected chi connectivity index (χ4v) is 2.62. The fraction of sp³-hybridized carbons (Fsp3) is 0.154. The van der Waals surface area contributed by atoms with Gasteiger partial charge in [0.25, 0.3) is 0 Å². The number of fused-ring (bicyclic) bond motifs is 1. The molecule has 5 nitrogen and oxygen atoms in total. The third kappa shape index (κ3) is 2.21. The summed E-state index contributed by atoms with van der Waals surface area (Å²) in [6, 6.07) is 7.28. The van der Waals surface area contributed by atoms with Gasteiger partial charge in [-0.15, -0.1) is 11.3 Å². The van der Waals surface area contributed by atoms with Crippen molar-refractivity contribution in [1.29, 1.82) is 0 Å². The van der Waals surface area contributed by atoms with Crippen LogP contribution >= 0.6 is 11.3 Å². The van der Waals surface area contributed by atoms with Gasteiger partial charge in [-0.1, -0.05) is 12.1 Å². The minimum Gasteiger partial charge on any atom is -0.437 e. The quantitative estimate of drug-likeness (QED) is 0.765. The lowest BCUT2D eigenvalue weighted by atomic mass is 10.2. The highest BCUT2D eigenvalue weighted by Gasteiger charge is 2.13. The SMILES string of the molecule is NCc1c(Oc2cccc(CO)c2)nc2sccn12. The monoisotopic (exact) mass is 275 g/mol. The van der Waals surface area contributed by atoms with Gasteiger partial charge < -0.3 is 15.6 Å². The van der Waals surface area contributed by atoms with Crippen molar-refractivity contribution in [3.05, 3.63) is 47.1 Å². The van der Waals surface area contributed by atoms with Crippen molar-refractivity contribution in [2.75, 3.05) is 0 Å². The third-order valence-electron chi connectivity index (χ3n) is 2.81. The number of imidazole rings is 1. The van der Waals surface area contributed by atoms with Gasteiger partial charge in [0, 0.05) is 18.1 Å². The lowest BCUT2D eigenvalue weighted by Crippen LogP contribution is -2.01. The molecule has 98 valence electrons. The second-order valence-corrected chi connectivity index (χ2v) is 4.90. The predicted octanol–water partition coefficient (Wildman–Crippen LogP) is 2.14. The Morgan fingerprint density at radius 3 is 3.11 bits per heavy atom. The number of rotatable bonds is 4. The standard InChI is InChI=1S/C13H13N3O2S/c14-7-11-12(15-13-16(11)4-5-19-13)18-10-3-1-2-9(6-10)8-17/h1-6,17H,7-8,14H2. The summed E-state index contributed by atoms with van der Waals surface area (Å²) in [5, 5.41) is 11.1. The summed E-state index contributed by atoms with van der Waals surface area (Å²) >= 11 is 1.53. The number of hydrogen-bond acceptors (Lipinski definition) is 5. The van der Waals surface area contributed by atoms with Crippen LogP contribution in [-0.4, -0.2) is 14.5 Å². The zero-order chi connectivity index (χ0) is 13.2. The van der Waals surface area contributed by atoms with E-state index in [-0.39, 0.29) is 6.61 Å². The molecule has 6 heteroatoms. The number of thiazole rings is 1. The highest BCUT2D eigenvalue weighted by atomic mass is 32.1. The molecule has 0 aliphatic carbocycles. The van der Waals surface area contributed by atoms with E-state index in [1.165, 1.54) is 11.3 Å². The summed E-state index contributed by atoms with van der Waals surface area (Å²) in [7, 11) is 0. The van der Waals surface area contributed by atoms with Crippen molar-refractivity contribution in [2.45, 2.75) is 13.2 Å². The van der Waals surface area contributed by atoms with Crippen molar-refractivity contribution in [2.24, 2.45) is 5.73 Å². The van der Waals surface area contributed by atoms with Gasteiger partial charge in [-0.2, -0.15) is 4.98 Å². The Kier molecular flexibility index (Phi) is 3.20. The van der Waals surface area contributed by atoms with Gasteiger partial charge in [0.15, 0.2) is 4.96 Å². The van der Waals surface area contributed by atoms with E-state index in [0.717, 1.165) is 16.2 Å². The molecule has 0 fully saturated rings. The van der Waals surface area contributed by atoms with Crippen molar-refractivity contribution in [1.82, 2.24) is 9.38 Å². The fourth-order valence-electron chi connectivity index (χ4n) is 1.90. The Morgan fingerprint density at radius 2 is 2.32 bits per heavy atom. The van der Waals surface area contributed by atoms with E-state index < -0.39 is 0 Å². The van der Waals surface area contributed by atoms with Crippen LogP contribution in [0.5, 0.6) is 11.6 Å². The Balaban J connectivity index is 1.97. The van der Waals surface area contributed by atoms with Crippen molar-refractivity contribution >= 4 is 16.3 Å². The number of aliphatic hydroxyl groups is 1. The maximum Gasteiger partial charge on any atom is 0.243 e. The molecule has 0 radical (unpaired) electrons. The maximum atomic E-state index is 9.12. The molecule has 0 atom stereocenters. The molecule has 0 aliphatic heterocycles. The van der Waals surface area contributed by atoms with Crippen LogP contribution < -0.4 is 10.5 Å². The predicted molar refractivity (Wildman–Crippen MR) is 73.4 cm³/mol. The van der Waals surface area contributed by atoms with E-state index in [1.54, 1.807) is 6.07 Å². The number of aliphatic hydroxyl groups excluding tert-OH is 1. The lowest BCUT2D eigenvalue weighted by Gasteiger charge is -2.05. The maximum absolute atomic E-state index is 9.12. The molecule has 0 saturated carbocycles. The molecule has 3 N–H and O–H groups in total. The Hall–Kier alpha value is -1.89. The van der Waals surface area contributed by atoms with Gasteiger partial charge in [-0.3, -0.25) is 4.40 Å². The first kappa shape index (κ1) is 12.2. The van der Waals surface area contributed by atoms with Crippen LogP contribution in [0.4, 0.5) is 0 Å². The van der Waals surface area contributed by atoms with Crippen molar-refractivity contribution in [3.63, 3.8) is 0 Å². The van der Waals surface area contributed by atoms with Gasteiger partial charge in [-0.25, -0.2) is 0 Å². The summed E-state index contributed by atoms with van der Waals surface area (Å²) in [6.07, 6.45) is 1.92. The second-order valence-electron chi connectivity index (χ2n) is 4.03. The number of nitrogens with zero attached hydrogens (tertiary/aromatic N) is 2. The summed E-state index contributed by atoms with van der Waals surface area (Å²) in [6.45, 7) is 0.339. The Bertz CT molecular complexity index is 705. The molecule has 0 saturated heterocycles. The highest BCUT2D eigenvalue weighted by Crippen LogP contribution is 2.28. The minimum absolute atomic E-state index is 0.0147. The highest BCUT2D eigenvalue weighted by molar-refractivity contribution is 7.15. The molecule has 0 spiro atoms. The Morgan fingerprint density at radius 1 is 1.42 bits per heavy atom. The smallest absolute Gasteiger partial charge is 0.243 e. The van der Waals surface area contributed by atoms with Gasteiger partial charge >= 0.3 is 0 Å². The normalized spacial score (nSPS) is 11.1. The van der Waals surface area contributed by atoms with Crippen LogP contribution in [0, 0.1) is 0 Å². The van der Waals surface area contributed by atoms with Crippen LogP contribution in [0.1, 0.15) is 11.3 Å². The molecule has 1 aromatic carbocycles. The van der Waals surface area contributed by atoms with Crippen LogP contribution in [0.2, 0.25) is 0 Å². The van der Waals surface area contributed by atoms with Gasteiger partial charge in [0.2, 0.25) is 5.88 Å². The third-order valence-corrected chi connectivity index (χ3v) is 3.57. The van der Waals surface area contributed by atoms with E-state index in [9.17, 15) is 0 Å². The van der Waals surface area contributed by atoms with E-state index in [2.05, 4.69) is 4.98 Å². The first-order valence-corrected chi connectivity index (χ1v) is 6.72. The number of nitrogens with two attached hydrogens (primary N) is 1. The van der Waals surface area contributed by atoms with Gasteiger partial charge in [0.05, 0.1) is 6.61 Å². The molecule has 0 aliphatic rings. The number of aromatic nitrogens is 2. The number of benzene rings is 1. The van der Waals surface area contributed by atoms with E-state index >= 15 is 0 Å². The lowest BCUT2D eigenvalue weighted by molar-refractivity contribution is 0.281. The van der Waals surface area contributed by atoms with Crippen LogP contribution in [0.3, 0.4) is 0 Å². The van der Waals surface area contributed by atoms with E-state index in [4.69, 9.17) is 15.6 Å². The molecule has 19 heavy (non-hydrogen) atoms. The van der Waals surface area contributed by atoms with Crippen LogP contribution in [-0.2, 0) is 13.2 Å². The molecule has 3 rings (SSSR count). The first-order chi connectivity index (χ1) is 9.31. The second kappa shape index (κ2) is 5.00. The molecule has 0 bridgehead atoms. The first-order valence-electron chi connectivity index (χ1n) is 5.84. The number of hydrogen-bond donors (Lipinski definition) is 2. The summed E-state index contributed by atoms with van der Waals surface area (Å²) in [5.41, 5.74) is 7.39. The zero-order valence-corrected chi connectivity index (χ0v) is 10.9. The van der Waals surface area contributed by atoms with Crippen molar-refractivity contribution < 1.29 is 9.84 Å². The van der Waals surface area contributed by atoms with E-state index in [0.29, 0.717) is 18.2 Å². The molecule has 2 aromatic heterocycles. The minimum atomic E-state index is -0.0147. The molecule has 0 amide bonds. The van der Waals surface area contributed by atoms with E-state index in [1.807, 2.05) is 34.2 Å². The Labute approximate surface area is 113 Å². The largest absolute Gasteiger partial charge is 0.437 e. The molecule has 0 unspecified atom stereocenters. The molecule has 2 heterocycles. The average Bonchev–Trinajstić information content (AvgIpc) is 2.99. The zero-order valence-electron chi connectivity index (χ0n) is 10.1.